The summed E-state index contributed by atoms with van der Waals surface area (Å²) in [7, 11) is 2.00. The van der Waals surface area contributed by atoms with Gasteiger partial charge in [0.1, 0.15) is 5.76 Å². The lowest BCUT2D eigenvalue weighted by molar-refractivity contribution is -0.140. The van der Waals surface area contributed by atoms with Crippen molar-refractivity contribution in [3.63, 3.8) is 0 Å². The average Bonchev–Trinajstić information content (AvgIpc) is 3.44. The average molecular weight is 389 g/mol. The molecule has 2 aliphatic carbocycles. The highest BCUT2D eigenvalue weighted by Crippen LogP contribution is 2.40. The lowest BCUT2D eigenvalue weighted by Gasteiger charge is -2.40. The minimum absolute atomic E-state index is 0.0765. The number of piperidine rings is 1. The Kier molecular flexibility index (Phi) is 5.71. The van der Waals surface area contributed by atoms with Crippen molar-refractivity contribution in [2.75, 3.05) is 13.6 Å². The summed E-state index contributed by atoms with van der Waals surface area (Å²) >= 11 is 0. The summed E-state index contributed by atoms with van der Waals surface area (Å²) in [4.78, 5) is 27.5. The Morgan fingerprint density at radius 1 is 1.11 bits per heavy atom. The molecular formula is C21H32N4O3. The van der Waals surface area contributed by atoms with Crippen molar-refractivity contribution in [3.05, 3.63) is 17.5 Å². The van der Waals surface area contributed by atoms with Gasteiger partial charge in [0.25, 0.3) is 5.91 Å². The number of hydrogen-bond donors (Lipinski definition) is 2. The van der Waals surface area contributed by atoms with Crippen LogP contribution in [0.2, 0.25) is 0 Å². The minimum Gasteiger partial charge on any atom is -0.360 e. The molecule has 0 bridgehead atoms. The normalized spacial score (nSPS) is 30.9. The first-order valence-corrected chi connectivity index (χ1v) is 10.8. The van der Waals surface area contributed by atoms with E-state index in [-0.39, 0.29) is 23.9 Å². The van der Waals surface area contributed by atoms with Gasteiger partial charge in [0.05, 0.1) is 0 Å². The second-order valence-corrected chi connectivity index (χ2v) is 8.80. The standard InChI is InChI=1S/C21H32N4O3/c1-13-11-17(23-20(26)18-12-19(28-24-18)14-3-4-14)9-10-25(13)21(27)15-5-7-16(22-2)8-6-15/h12-17,22H,3-11H2,1-2H3,(H,23,26)/t13-,15?,16?,17?/m0/s1. The lowest BCUT2D eigenvalue weighted by atomic mass is 9.84. The topological polar surface area (TPSA) is 87.5 Å². The molecule has 1 aromatic heterocycles. The van der Waals surface area contributed by atoms with E-state index in [4.69, 9.17) is 4.52 Å². The molecule has 2 atom stereocenters. The van der Waals surface area contributed by atoms with E-state index < -0.39 is 0 Å². The maximum absolute atomic E-state index is 13.0. The van der Waals surface area contributed by atoms with E-state index in [1.807, 2.05) is 11.9 Å². The summed E-state index contributed by atoms with van der Waals surface area (Å²) in [6.45, 7) is 2.81. The minimum atomic E-state index is -0.169. The molecule has 0 aromatic carbocycles. The molecule has 0 spiro atoms. The van der Waals surface area contributed by atoms with Crippen LogP contribution in [-0.4, -0.2) is 53.6 Å². The quantitative estimate of drug-likeness (QED) is 0.809. The Hall–Kier alpha value is -1.89. The van der Waals surface area contributed by atoms with E-state index in [1.165, 1.54) is 0 Å². The monoisotopic (exact) mass is 388 g/mol. The molecular weight excluding hydrogens is 356 g/mol. The molecule has 7 nitrogen and oxygen atoms in total. The van der Waals surface area contributed by atoms with Crippen LogP contribution >= 0.6 is 0 Å². The molecule has 154 valence electrons. The van der Waals surface area contributed by atoms with E-state index in [9.17, 15) is 9.59 Å². The second-order valence-electron chi connectivity index (χ2n) is 8.80. The van der Waals surface area contributed by atoms with Crippen LogP contribution in [0.1, 0.15) is 80.5 Å². The molecule has 1 aromatic rings. The van der Waals surface area contributed by atoms with Crippen LogP contribution in [0.3, 0.4) is 0 Å². The Bertz CT molecular complexity index is 706. The molecule has 2 amide bonds. The molecule has 0 radical (unpaired) electrons. The fourth-order valence-corrected chi connectivity index (χ4v) is 4.71. The Labute approximate surface area is 166 Å². The number of likely N-dealkylation sites (tertiary alicyclic amines) is 1. The van der Waals surface area contributed by atoms with E-state index in [1.54, 1.807) is 6.07 Å². The Morgan fingerprint density at radius 2 is 1.86 bits per heavy atom. The highest BCUT2D eigenvalue weighted by Gasteiger charge is 2.35. The first kappa shape index (κ1) is 19.4. The van der Waals surface area contributed by atoms with Crippen LogP contribution in [0.25, 0.3) is 0 Å². The molecule has 28 heavy (non-hydrogen) atoms. The third-order valence-electron chi connectivity index (χ3n) is 6.72. The van der Waals surface area contributed by atoms with Crippen LogP contribution < -0.4 is 10.6 Å². The fourth-order valence-electron chi connectivity index (χ4n) is 4.71. The summed E-state index contributed by atoms with van der Waals surface area (Å²) in [5.41, 5.74) is 0.370. The van der Waals surface area contributed by atoms with Crippen molar-refractivity contribution in [1.82, 2.24) is 20.7 Å². The molecule has 2 heterocycles. The van der Waals surface area contributed by atoms with Crippen molar-refractivity contribution in [1.29, 1.82) is 0 Å². The fraction of sp³-hybridized carbons (Fsp3) is 0.762. The number of aromatic nitrogens is 1. The van der Waals surface area contributed by atoms with Gasteiger partial charge in [-0.2, -0.15) is 0 Å². The van der Waals surface area contributed by atoms with Gasteiger partial charge in [-0.05, 0) is 65.3 Å². The van der Waals surface area contributed by atoms with E-state index in [0.717, 1.165) is 57.1 Å². The molecule has 1 unspecified atom stereocenters. The number of nitrogens with one attached hydrogen (secondary N) is 2. The summed E-state index contributed by atoms with van der Waals surface area (Å²) < 4.78 is 5.28. The number of rotatable bonds is 5. The molecule has 1 saturated heterocycles. The van der Waals surface area contributed by atoms with Gasteiger partial charge in [0.2, 0.25) is 5.91 Å². The molecule has 3 fully saturated rings. The third-order valence-corrected chi connectivity index (χ3v) is 6.72. The molecule has 3 aliphatic rings. The number of carbonyl (C=O) groups excluding carboxylic acids is 2. The smallest absolute Gasteiger partial charge is 0.273 e. The first-order valence-electron chi connectivity index (χ1n) is 10.8. The zero-order valence-electron chi connectivity index (χ0n) is 16.9. The maximum atomic E-state index is 13.0. The van der Waals surface area contributed by atoms with Crippen molar-refractivity contribution in [3.8, 4) is 0 Å². The summed E-state index contributed by atoms with van der Waals surface area (Å²) in [5.74, 6) is 1.57. The summed E-state index contributed by atoms with van der Waals surface area (Å²) in [6.07, 6.45) is 7.93. The highest BCUT2D eigenvalue weighted by molar-refractivity contribution is 5.92. The van der Waals surface area contributed by atoms with Gasteiger partial charge in [-0.25, -0.2) is 0 Å². The number of amides is 2. The van der Waals surface area contributed by atoms with Gasteiger partial charge in [0, 0.05) is 42.6 Å². The van der Waals surface area contributed by atoms with Gasteiger partial charge >= 0.3 is 0 Å². The largest absolute Gasteiger partial charge is 0.360 e. The Balaban J connectivity index is 1.27. The van der Waals surface area contributed by atoms with Crippen LogP contribution in [0.15, 0.2) is 10.6 Å². The van der Waals surface area contributed by atoms with Crippen LogP contribution in [0.4, 0.5) is 0 Å². The number of hydrogen-bond acceptors (Lipinski definition) is 5. The molecule has 7 heteroatoms. The van der Waals surface area contributed by atoms with Gasteiger partial charge in [-0.15, -0.1) is 0 Å². The summed E-state index contributed by atoms with van der Waals surface area (Å²) in [5, 5.41) is 10.3. The van der Waals surface area contributed by atoms with Gasteiger partial charge < -0.3 is 20.1 Å². The van der Waals surface area contributed by atoms with E-state index in [2.05, 4.69) is 22.7 Å². The van der Waals surface area contributed by atoms with Crippen molar-refractivity contribution in [2.45, 2.75) is 82.3 Å². The zero-order valence-corrected chi connectivity index (χ0v) is 16.9. The predicted molar refractivity (Wildman–Crippen MR) is 105 cm³/mol. The van der Waals surface area contributed by atoms with Crippen molar-refractivity contribution >= 4 is 11.8 Å². The zero-order chi connectivity index (χ0) is 19.7. The maximum Gasteiger partial charge on any atom is 0.273 e. The van der Waals surface area contributed by atoms with Gasteiger partial charge in [-0.3, -0.25) is 9.59 Å². The van der Waals surface area contributed by atoms with Crippen LogP contribution in [0, 0.1) is 5.92 Å². The third kappa shape index (κ3) is 4.24. The molecule has 1 aliphatic heterocycles. The lowest BCUT2D eigenvalue weighted by Crippen LogP contribution is -2.52. The Morgan fingerprint density at radius 3 is 2.50 bits per heavy atom. The van der Waals surface area contributed by atoms with Crippen LogP contribution in [-0.2, 0) is 4.79 Å². The second kappa shape index (κ2) is 8.23. The number of nitrogens with zero attached hydrogens (tertiary/aromatic N) is 2. The molecule has 4 rings (SSSR count). The summed E-state index contributed by atoms with van der Waals surface area (Å²) in [6, 6.07) is 2.55. The highest BCUT2D eigenvalue weighted by atomic mass is 16.5. The SMILES string of the molecule is CNC1CCC(C(=O)N2CCC(NC(=O)c3cc(C4CC4)on3)C[C@@H]2C)CC1. The molecule has 2 saturated carbocycles. The van der Waals surface area contributed by atoms with Gasteiger partial charge in [0.15, 0.2) is 5.69 Å². The van der Waals surface area contributed by atoms with Crippen LogP contribution in [0.5, 0.6) is 0 Å². The predicted octanol–water partition coefficient (Wildman–Crippen LogP) is 2.44. The first-order chi connectivity index (χ1) is 13.5. The van der Waals surface area contributed by atoms with Gasteiger partial charge in [-0.1, -0.05) is 5.16 Å². The molecule has 2 N–H and O–H groups in total. The number of carbonyl (C=O) groups is 2. The van der Waals surface area contributed by atoms with Crippen molar-refractivity contribution in [2.24, 2.45) is 5.92 Å². The van der Waals surface area contributed by atoms with E-state index in [0.29, 0.717) is 30.1 Å². The van der Waals surface area contributed by atoms with E-state index >= 15 is 0 Å². The van der Waals surface area contributed by atoms with Crippen molar-refractivity contribution < 1.29 is 14.1 Å².